The molecule has 0 saturated carbocycles. The maximum atomic E-state index is 5.70. The molecular formula is C14H18N2O2. The largest absolute Gasteiger partial charge is 0.475 e. The average Bonchev–Trinajstić information content (AvgIpc) is 2.43. The first-order chi connectivity index (χ1) is 8.86. The van der Waals surface area contributed by atoms with Gasteiger partial charge in [0.2, 0.25) is 5.88 Å². The Morgan fingerprint density at radius 1 is 1.17 bits per heavy atom. The fourth-order valence-electron chi connectivity index (χ4n) is 1.84. The van der Waals surface area contributed by atoms with E-state index in [0.717, 1.165) is 16.3 Å². The van der Waals surface area contributed by atoms with Crippen molar-refractivity contribution in [1.82, 2.24) is 4.98 Å². The fraction of sp³-hybridized carbons (Fsp3) is 0.357. The Morgan fingerprint density at radius 3 is 2.67 bits per heavy atom. The summed E-state index contributed by atoms with van der Waals surface area (Å²) in [6.45, 7) is 4.22. The second kappa shape index (κ2) is 6.33. The predicted molar refractivity (Wildman–Crippen MR) is 71.6 cm³/mol. The second-order valence-corrected chi connectivity index (χ2v) is 3.88. The lowest BCUT2D eigenvalue weighted by Crippen LogP contribution is -2.08. The smallest absolute Gasteiger partial charge is 0.221 e. The summed E-state index contributed by atoms with van der Waals surface area (Å²) < 4.78 is 10.9. The maximum absolute atomic E-state index is 5.70. The molecule has 0 bridgehead atoms. The second-order valence-electron chi connectivity index (χ2n) is 3.88. The third kappa shape index (κ3) is 2.78. The number of fused-ring (bicyclic) bond motifs is 1. The molecule has 0 unspecified atom stereocenters. The van der Waals surface area contributed by atoms with E-state index in [1.54, 1.807) is 6.20 Å². The normalized spacial score (nSPS) is 10.8. The maximum Gasteiger partial charge on any atom is 0.221 e. The van der Waals surface area contributed by atoms with Crippen molar-refractivity contribution in [3.8, 4) is 5.88 Å². The van der Waals surface area contributed by atoms with Gasteiger partial charge >= 0.3 is 0 Å². The van der Waals surface area contributed by atoms with E-state index < -0.39 is 0 Å². The van der Waals surface area contributed by atoms with E-state index >= 15 is 0 Å². The summed E-state index contributed by atoms with van der Waals surface area (Å²) in [5.41, 5.74) is 6.74. The van der Waals surface area contributed by atoms with Gasteiger partial charge in [-0.2, -0.15) is 0 Å². The zero-order valence-electron chi connectivity index (χ0n) is 10.6. The van der Waals surface area contributed by atoms with Crippen LogP contribution in [-0.4, -0.2) is 24.8 Å². The lowest BCUT2D eigenvalue weighted by Gasteiger charge is -2.10. The van der Waals surface area contributed by atoms with Gasteiger partial charge < -0.3 is 15.2 Å². The summed E-state index contributed by atoms with van der Waals surface area (Å²) >= 11 is 0. The highest BCUT2D eigenvalue weighted by atomic mass is 16.5. The van der Waals surface area contributed by atoms with Gasteiger partial charge in [0, 0.05) is 24.7 Å². The van der Waals surface area contributed by atoms with E-state index in [4.69, 9.17) is 15.2 Å². The SMILES string of the molecule is CCOCCOc1ncc(CN)c2ccccc12. The summed E-state index contributed by atoms with van der Waals surface area (Å²) in [4.78, 5) is 4.32. The van der Waals surface area contributed by atoms with Crippen LogP contribution in [0.15, 0.2) is 30.5 Å². The molecule has 0 radical (unpaired) electrons. The number of nitrogens with zero attached hydrogens (tertiary/aromatic N) is 1. The molecule has 4 heteroatoms. The topological polar surface area (TPSA) is 57.4 Å². The van der Waals surface area contributed by atoms with E-state index in [0.29, 0.717) is 32.2 Å². The number of nitrogens with two attached hydrogens (primary N) is 1. The fourth-order valence-corrected chi connectivity index (χ4v) is 1.84. The first-order valence-electron chi connectivity index (χ1n) is 6.14. The van der Waals surface area contributed by atoms with Crippen molar-refractivity contribution < 1.29 is 9.47 Å². The molecule has 96 valence electrons. The Bertz CT molecular complexity index is 514. The average molecular weight is 246 g/mol. The third-order valence-corrected chi connectivity index (χ3v) is 2.73. The summed E-state index contributed by atoms with van der Waals surface area (Å²) in [7, 11) is 0. The van der Waals surface area contributed by atoms with Crippen LogP contribution in [0, 0.1) is 0 Å². The zero-order chi connectivity index (χ0) is 12.8. The van der Waals surface area contributed by atoms with E-state index in [9.17, 15) is 0 Å². The van der Waals surface area contributed by atoms with Gasteiger partial charge in [0.1, 0.15) is 6.61 Å². The van der Waals surface area contributed by atoms with E-state index in [1.165, 1.54) is 0 Å². The molecule has 0 fully saturated rings. The van der Waals surface area contributed by atoms with Crippen LogP contribution >= 0.6 is 0 Å². The van der Waals surface area contributed by atoms with Gasteiger partial charge in [-0.1, -0.05) is 18.2 Å². The van der Waals surface area contributed by atoms with Gasteiger partial charge in [-0.05, 0) is 23.9 Å². The molecule has 0 aliphatic carbocycles. The number of aromatic nitrogens is 1. The molecule has 0 aliphatic heterocycles. The molecule has 0 amide bonds. The quantitative estimate of drug-likeness (QED) is 0.793. The summed E-state index contributed by atoms with van der Waals surface area (Å²) in [5.74, 6) is 0.641. The third-order valence-electron chi connectivity index (χ3n) is 2.73. The molecule has 0 saturated heterocycles. The molecular weight excluding hydrogens is 228 g/mol. The Balaban J connectivity index is 2.23. The van der Waals surface area contributed by atoms with E-state index in [1.807, 2.05) is 31.2 Å². The molecule has 18 heavy (non-hydrogen) atoms. The van der Waals surface area contributed by atoms with E-state index in [2.05, 4.69) is 4.98 Å². The van der Waals surface area contributed by atoms with Gasteiger partial charge in [0.25, 0.3) is 0 Å². The van der Waals surface area contributed by atoms with Gasteiger partial charge in [0.05, 0.1) is 6.61 Å². The molecule has 2 N–H and O–H groups in total. The van der Waals surface area contributed by atoms with Crippen LogP contribution in [0.1, 0.15) is 12.5 Å². The lowest BCUT2D eigenvalue weighted by molar-refractivity contribution is 0.109. The van der Waals surface area contributed by atoms with Crippen LogP contribution in [-0.2, 0) is 11.3 Å². The molecule has 1 aromatic carbocycles. The van der Waals surface area contributed by atoms with Crippen LogP contribution in [0.4, 0.5) is 0 Å². The van der Waals surface area contributed by atoms with Crippen molar-refractivity contribution in [2.24, 2.45) is 5.73 Å². The van der Waals surface area contributed by atoms with Crippen molar-refractivity contribution >= 4 is 10.8 Å². The highest BCUT2D eigenvalue weighted by Gasteiger charge is 2.06. The van der Waals surface area contributed by atoms with Crippen molar-refractivity contribution in [2.75, 3.05) is 19.8 Å². The number of pyridine rings is 1. The molecule has 1 heterocycles. The van der Waals surface area contributed by atoms with Crippen molar-refractivity contribution in [3.63, 3.8) is 0 Å². The summed E-state index contributed by atoms with van der Waals surface area (Å²) in [6, 6.07) is 8.00. The highest BCUT2D eigenvalue weighted by molar-refractivity contribution is 5.89. The molecule has 4 nitrogen and oxygen atoms in total. The highest BCUT2D eigenvalue weighted by Crippen LogP contribution is 2.25. The first-order valence-corrected chi connectivity index (χ1v) is 6.14. The van der Waals surface area contributed by atoms with Gasteiger partial charge in [0.15, 0.2) is 0 Å². The molecule has 0 spiro atoms. The van der Waals surface area contributed by atoms with Crippen molar-refractivity contribution in [2.45, 2.75) is 13.5 Å². The van der Waals surface area contributed by atoms with E-state index in [-0.39, 0.29) is 0 Å². The van der Waals surface area contributed by atoms with Crippen LogP contribution in [0.25, 0.3) is 10.8 Å². The van der Waals surface area contributed by atoms with Crippen LogP contribution in [0.5, 0.6) is 5.88 Å². The number of hydrogen-bond donors (Lipinski definition) is 1. The van der Waals surface area contributed by atoms with Crippen molar-refractivity contribution in [1.29, 1.82) is 0 Å². The van der Waals surface area contributed by atoms with Gasteiger partial charge in [-0.3, -0.25) is 0 Å². The number of rotatable bonds is 6. The van der Waals surface area contributed by atoms with Gasteiger partial charge in [-0.25, -0.2) is 4.98 Å². The molecule has 0 atom stereocenters. The standard InChI is InChI=1S/C14H18N2O2/c1-2-17-7-8-18-14-13-6-4-3-5-12(13)11(9-15)10-16-14/h3-6,10H,2,7-9,15H2,1H3. The number of benzene rings is 1. The first kappa shape index (κ1) is 12.8. The number of hydrogen-bond acceptors (Lipinski definition) is 4. The molecule has 0 aliphatic rings. The Labute approximate surface area is 107 Å². The lowest BCUT2D eigenvalue weighted by atomic mass is 10.1. The molecule has 2 rings (SSSR count). The minimum atomic E-state index is 0.479. The molecule has 1 aromatic heterocycles. The Kier molecular flexibility index (Phi) is 4.50. The van der Waals surface area contributed by atoms with Gasteiger partial charge in [-0.15, -0.1) is 0 Å². The minimum absolute atomic E-state index is 0.479. The van der Waals surface area contributed by atoms with Crippen LogP contribution in [0.3, 0.4) is 0 Å². The predicted octanol–water partition coefficient (Wildman–Crippen LogP) is 2.11. The Hall–Kier alpha value is -1.65. The number of ether oxygens (including phenoxy) is 2. The summed E-state index contributed by atoms with van der Waals surface area (Å²) in [6.07, 6.45) is 1.78. The summed E-state index contributed by atoms with van der Waals surface area (Å²) in [5, 5.41) is 2.10. The Morgan fingerprint density at radius 2 is 1.94 bits per heavy atom. The minimum Gasteiger partial charge on any atom is -0.475 e. The monoisotopic (exact) mass is 246 g/mol. The molecule has 2 aromatic rings. The zero-order valence-corrected chi connectivity index (χ0v) is 10.6. The van der Waals surface area contributed by atoms with Crippen LogP contribution < -0.4 is 10.5 Å². The van der Waals surface area contributed by atoms with Crippen molar-refractivity contribution in [3.05, 3.63) is 36.0 Å². The van der Waals surface area contributed by atoms with Crippen LogP contribution in [0.2, 0.25) is 0 Å².